The smallest absolute Gasteiger partial charge is 0.228 e. The average molecular weight is 393 g/mol. The number of rotatable bonds is 4. The molecule has 1 aliphatic heterocycles. The van der Waals surface area contributed by atoms with Gasteiger partial charge in [0.1, 0.15) is 17.4 Å². The van der Waals surface area contributed by atoms with E-state index in [1.807, 2.05) is 15.9 Å². The third kappa shape index (κ3) is 4.24. The number of anilines is 2. The van der Waals surface area contributed by atoms with Gasteiger partial charge in [-0.05, 0) is 42.5 Å². The molecule has 1 fully saturated rings. The van der Waals surface area contributed by atoms with Crippen LogP contribution in [0.4, 0.5) is 20.4 Å². The average Bonchev–Trinajstić information content (AvgIpc) is 2.76. The molecule has 4 rings (SSSR count). The maximum atomic E-state index is 14.3. The minimum atomic E-state index is -0.400. The molecule has 29 heavy (non-hydrogen) atoms. The van der Waals surface area contributed by atoms with Crippen LogP contribution >= 0.6 is 0 Å². The molecule has 6 nitrogen and oxygen atoms in total. The zero-order valence-corrected chi connectivity index (χ0v) is 15.4. The summed E-state index contributed by atoms with van der Waals surface area (Å²) in [6.07, 6.45) is 1.61. The molecule has 0 spiro atoms. The zero-order valence-electron chi connectivity index (χ0n) is 15.4. The van der Waals surface area contributed by atoms with Crippen molar-refractivity contribution in [1.29, 1.82) is 5.26 Å². The SMILES string of the molecule is N#Cc1ccc(N2CCN(c3nccc(Oc4ccc(F)cc4)n3)CC2)c(F)c1. The summed E-state index contributed by atoms with van der Waals surface area (Å²) in [6.45, 7) is 2.41. The second-order valence-corrected chi connectivity index (χ2v) is 6.50. The Balaban J connectivity index is 1.42. The summed E-state index contributed by atoms with van der Waals surface area (Å²) in [7, 11) is 0. The Morgan fingerprint density at radius 3 is 2.34 bits per heavy atom. The van der Waals surface area contributed by atoms with E-state index in [2.05, 4.69) is 9.97 Å². The monoisotopic (exact) mass is 393 g/mol. The summed E-state index contributed by atoms with van der Waals surface area (Å²) >= 11 is 0. The first-order valence-corrected chi connectivity index (χ1v) is 9.08. The van der Waals surface area contributed by atoms with Crippen molar-refractivity contribution in [2.45, 2.75) is 0 Å². The molecule has 2 heterocycles. The van der Waals surface area contributed by atoms with Gasteiger partial charge in [0.25, 0.3) is 0 Å². The van der Waals surface area contributed by atoms with Gasteiger partial charge in [-0.2, -0.15) is 10.2 Å². The Hall–Kier alpha value is -3.73. The van der Waals surface area contributed by atoms with E-state index in [4.69, 9.17) is 10.00 Å². The Bertz CT molecular complexity index is 1040. The molecule has 0 saturated carbocycles. The quantitative estimate of drug-likeness (QED) is 0.673. The summed E-state index contributed by atoms with van der Waals surface area (Å²) in [6, 6.07) is 13.8. The molecular weight excluding hydrogens is 376 g/mol. The molecule has 2 aromatic carbocycles. The number of hydrogen-bond acceptors (Lipinski definition) is 6. The van der Waals surface area contributed by atoms with Gasteiger partial charge >= 0.3 is 0 Å². The second-order valence-electron chi connectivity index (χ2n) is 6.50. The molecule has 0 bridgehead atoms. The molecule has 0 N–H and O–H groups in total. The van der Waals surface area contributed by atoms with Gasteiger partial charge in [-0.3, -0.25) is 0 Å². The van der Waals surface area contributed by atoms with E-state index in [1.54, 1.807) is 24.4 Å². The van der Waals surface area contributed by atoms with Crippen LogP contribution < -0.4 is 14.5 Å². The lowest BCUT2D eigenvalue weighted by atomic mass is 10.2. The zero-order chi connectivity index (χ0) is 20.2. The maximum Gasteiger partial charge on any atom is 0.228 e. The van der Waals surface area contributed by atoms with Crippen LogP contribution in [0.15, 0.2) is 54.7 Å². The van der Waals surface area contributed by atoms with Gasteiger partial charge in [0.15, 0.2) is 0 Å². The third-order valence-electron chi connectivity index (χ3n) is 4.63. The molecule has 0 atom stereocenters. The molecular formula is C21H17F2N5O. The molecule has 146 valence electrons. The van der Waals surface area contributed by atoms with E-state index in [0.29, 0.717) is 55.0 Å². The first-order chi connectivity index (χ1) is 14.1. The molecule has 0 unspecified atom stereocenters. The minimum Gasteiger partial charge on any atom is -0.439 e. The number of nitriles is 1. The van der Waals surface area contributed by atoms with Crippen molar-refractivity contribution in [2.24, 2.45) is 0 Å². The lowest BCUT2D eigenvalue weighted by molar-refractivity contribution is 0.458. The van der Waals surface area contributed by atoms with E-state index < -0.39 is 5.82 Å². The molecule has 1 saturated heterocycles. The van der Waals surface area contributed by atoms with E-state index >= 15 is 0 Å². The Morgan fingerprint density at radius 1 is 0.931 bits per heavy atom. The maximum absolute atomic E-state index is 14.3. The van der Waals surface area contributed by atoms with E-state index in [9.17, 15) is 8.78 Å². The molecule has 0 radical (unpaired) electrons. The standard InChI is InChI=1S/C21H17F2N5O/c22-16-2-4-17(5-3-16)29-20-7-8-25-21(26-20)28-11-9-27(10-12-28)19-6-1-15(14-24)13-18(19)23/h1-8,13H,9-12H2. The largest absolute Gasteiger partial charge is 0.439 e. The van der Waals surface area contributed by atoms with Gasteiger partial charge in [0.2, 0.25) is 11.8 Å². The first kappa shape index (κ1) is 18.6. The van der Waals surface area contributed by atoms with Crippen molar-refractivity contribution in [3.63, 3.8) is 0 Å². The topological polar surface area (TPSA) is 65.3 Å². The van der Waals surface area contributed by atoms with Crippen molar-refractivity contribution < 1.29 is 13.5 Å². The van der Waals surface area contributed by atoms with Crippen LogP contribution in [0.1, 0.15) is 5.56 Å². The molecule has 0 amide bonds. The molecule has 0 aliphatic carbocycles. The molecule has 8 heteroatoms. The van der Waals surface area contributed by atoms with Crippen LogP contribution in [0.25, 0.3) is 0 Å². The summed E-state index contributed by atoms with van der Waals surface area (Å²) in [5.74, 6) is 0.629. The molecule has 1 aromatic heterocycles. The van der Waals surface area contributed by atoms with Crippen molar-refractivity contribution in [2.75, 3.05) is 36.0 Å². The highest BCUT2D eigenvalue weighted by Gasteiger charge is 2.21. The number of hydrogen-bond donors (Lipinski definition) is 0. The normalized spacial score (nSPS) is 13.8. The van der Waals surface area contributed by atoms with Crippen molar-refractivity contribution >= 4 is 11.6 Å². The molecule has 3 aromatic rings. The highest BCUT2D eigenvalue weighted by Crippen LogP contribution is 2.24. The van der Waals surface area contributed by atoms with E-state index in [1.165, 1.54) is 30.3 Å². The van der Waals surface area contributed by atoms with Crippen LogP contribution in [0, 0.1) is 23.0 Å². The summed E-state index contributed by atoms with van der Waals surface area (Å²) in [5.41, 5.74) is 0.786. The fraction of sp³-hybridized carbons (Fsp3) is 0.190. The predicted octanol–water partition coefficient (Wildman–Crippen LogP) is 3.75. The number of halogens is 2. The summed E-state index contributed by atoms with van der Waals surface area (Å²) in [4.78, 5) is 12.7. The van der Waals surface area contributed by atoms with Gasteiger partial charge in [0, 0.05) is 38.4 Å². The van der Waals surface area contributed by atoms with Gasteiger partial charge in [-0.1, -0.05) is 0 Å². The number of ether oxygens (including phenoxy) is 1. The fourth-order valence-corrected chi connectivity index (χ4v) is 3.15. The minimum absolute atomic E-state index is 0.302. The Kier molecular flexibility index (Phi) is 5.20. The predicted molar refractivity (Wildman–Crippen MR) is 104 cm³/mol. The highest BCUT2D eigenvalue weighted by atomic mass is 19.1. The highest BCUT2D eigenvalue weighted by molar-refractivity contribution is 5.52. The Labute approximate surface area is 166 Å². The third-order valence-corrected chi connectivity index (χ3v) is 4.63. The molecule has 1 aliphatic rings. The fourth-order valence-electron chi connectivity index (χ4n) is 3.15. The van der Waals surface area contributed by atoms with Crippen LogP contribution in [0.3, 0.4) is 0 Å². The van der Waals surface area contributed by atoms with Gasteiger partial charge in [-0.15, -0.1) is 0 Å². The van der Waals surface area contributed by atoms with Crippen LogP contribution in [-0.4, -0.2) is 36.1 Å². The number of aromatic nitrogens is 2. The van der Waals surface area contributed by atoms with Crippen LogP contribution in [0.5, 0.6) is 11.6 Å². The number of nitrogens with zero attached hydrogens (tertiary/aromatic N) is 5. The lowest BCUT2D eigenvalue weighted by Gasteiger charge is -2.36. The Morgan fingerprint density at radius 2 is 1.66 bits per heavy atom. The summed E-state index contributed by atoms with van der Waals surface area (Å²) in [5, 5.41) is 8.87. The van der Waals surface area contributed by atoms with Crippen LogP contribution in [0.2, 0.25) is 0 Å². The lowest BCUT2D eigenvalue weighted by Crippen LogP contribution is -2.47. The first-order valence-electron chi connectivity index (χ1n) is 9.08. The second kappa shape index (κ2) is 8.10. The van der Waals surface area contributed by atoms with E-state index in [0.717, 1.165) is 0 Å². The number of benzene rings is 2. The van der Waals surface area contributed by atoms with Crippen molar-refractivity contribution in [3.05, 3.63) is 71.9 Å². The van der Waals surface area contributed by atoms with Gasteiger partial charge < -0.3 is 14.5 Å². The van der Waals surface area contributed by atoms with Crippen molar-refractivity contribution in [3.8, 4) is 17.7 Å². The summed E-state index contributed by atoms with van der Waals surface area (Å²) < 4.78 is 32.9. The van der Waals surface area contributed by atoms with Gasteiger partial charge in [0.05, 0.1) is 17.3 Å². The number of piperazine rings is 1. The van der Waals surface area contributed by atoms with Crippen LogP contribution in [-0.2, 0) is 0 Å². The van der Waals surface area contributed by atoms with E-state index in [-0.39, 0.29) is 5.82 Å². The van der Waals surface area contributed by atoms with Gasteiger partial charge in [-0.25, -0.2) is 13.8 Å². The van der Waals surface area contributed by atoms with Crippen molar-refractivity contribution in [1.82, 2.24) is 9.97 Å².